The molecule has 4 aliphatic carbocycles. The first kappa shape index (κ1) is 18.5. The highest BCUT2D eigenvalue weighted by molar-refractivity contribution is 7.89. The van der Waals surface area contributed by atoms with Gasteiger partial charge >= 0.3 is 6.18 Å². The summed E-state index contributed by atoms with van der Waals surface area (Å²) in [6, 6.07) is 0.0499. The number of alkyl halides is 3. The number of nitrogens with two attached hydrogens (primary N) is 1. The van der Waals surface area contributed by atoms with Gasteiger partial charge in [0.05, 0.1) is 11.7 Å². The van der Waals surface area contributed by atoms with E-state index in [2.05, 4.69) is 4.72 Å². The van der Waals surface area contributed by atoms with Gasteiger partial charge in [-0.2, -0.15) is 13.2 Å². The molecule has 2 bridgehead atoms. The molecular weight excluding hydrogens is 341 g/mol. The topological polar surface area (TPSA) is 72.2 Å². The average Bonchev–Trinajstić information content (AvgIpc) is 2.89. The maximum atomic E-state index is 13.4. The fraction of sp³-hybridized carbons (Fsp3) is 1.00. The van der Waals surface area contributed by atoms with Crippen molar-refractivity contribution in [1.82, 2.24) is 4.72 Å². The van der Waals surface area contributed by atoms with Crippen LogP contribution in [0, 0.1) is 29.6 Å². The normalized spacial score (nSPS) is 40.2. The number of hydrogen-bond donors (Lipinski definition) is 2. The molecule has 0 radical (unpaired) electrons. The second kappa shape index (κ2) is 6.76. The molecule has 0 spiro atoms. The second-order valence-electron chi connectivity index (χ2n) is 7.98. The zero-order valence-corrected chi connectivity index (χ0v) is 14.6. The van der Waals surface area contributed by atoms with Crippen LogP contribution in [0.25, 0.3) is 0 Å². The molecule has 8 heteroatoms. The van der Waals surface area contributed by atoms with Gasteiger partial charge in [0.1, 0.15) is 0 Å². The number of rotatable bonds is 5. The summed E-state index contributed by atoms with van der Waals surface area (Å²) in [5.74, 6) is -2.30. The lowest BCUT2D eigenvalue weighted by Gasteiger charge is -2.49. The predicted molar refractivity (Wildman–Crippen MR) is 85.6 cm³/mol. The van der Waals surface area contributed by atoms with Gasteiger partial charge < -0.3 is 5.73 Å². The second-order valence-corrected chi connectivity index (χ2v) is 9.83. The summed E-state index contributed by atoms with van der Waals surface area (Å²) < 4.78 is 67.4. The van der Waals surface area contributed by atoms with Crippen molar-refractivity contribution in [3.63, 3.8) is 0 Å². The maximum Gasteiger partial charge on any atom is 0.392 e. The maximum absolute atomic E-state index is 13.4. The summed E-state index contributed by atoms with van der Waals surface area (Å²) in [5.41, 5.74) is 5.80. The number of fused-ring (bicyclic) bond motifs is 3. The van der Waals surface area contributed by atoms with Gasteiger partial charge in [0.25, 0.3) is 0 Å². The smallest absolute Gasteiger partial charge is 0.328 e. The Kier molecular flexibility index (Phi) is 5.20. The third-order valence-corrected chi connectivity index (χ3v) is 7.86. The largest absolute Gasteiger partial charge is 0.392 e. The van der Waals surface area contributed by atoms with Crippen molar-refractivity contribution in [1.29, 1.82) is 0 Å². The van der Waals surface area contributed by atoms with Crippen LogP contribution in [-0.4, -0.2) is 32.9 Å². The van der Waals surface area contributed by atoms with Crippen LogP contribution in [0.4, 0.5) is 13.2 Å². The van der Waals surface area contributed by atoms with E-state index in [0.29, 0.717) is 19.3 Å². The molecule has 4 atom stereocenters. The van der Waals surface area contributed by atoms with E-state index in [-0.39, 0.29) is 36.1 Å². The lowest BCUT2D eigenvalue weighted by Crippen LogP contribution is -2.51. The van der Waals surface area contributed by atoms with E-state index in [1.807, 2.05) is 0 Å². The summed E-state index contributed by atoms with van der Waals surface area (Å²) in [5, 5.41) is 0. The minimum atomic E-state index is -4.24. The zero-order valence-electron chi connectivity index (χ0n) is 13.8. The SMILES string of the molecule is N[C@@H]1CC[C@H](CS(=O)(=O)NC[C@H]2C3CCC(CC3)[C@@H]2C(F)(F)F)C1. The van der Waals surface area contributed by atoms with Crippen LogP contribution in [0.3, 0.4) is 0 Å². The van der Waals surface area contributed by atoms with Crippen LogP contribution in [0.2, 0.25) is 0 Å². The van der Waals surface area contributed by atoms with Gasteiger partial charge in [0, 0.05) is 12.6 Å². The van der Waals surface area contributed by atoms with Crippen molar-refractivity contribution < 1.29 is 21.6 Å². The van der Waals surface area contributed by atoms with E-state index >= 15 is 0 Å². The van der Waals surface area contributed by atoms with E-state index in [0.717, 1.165) is 25.7 Å². The highest BCUT2D eigenvalue weighted by Gasteiger charge is 2.55. The van der Waals surface area contributed by atoms with E-state index in [4.69, 9.17) is 5.73 Å². The van der Waals surface area contributed by atoms with Gasteiger partial charge in [-0.15, -0.1) is 0 Å². The summed E-state index contributed by atoms with van der Waals surface area (Å²) in [6.07, 6.45) is 0.876. The van der Waals surface area contributed by atoms with Crippen LogP contribution in [0.15, 0.2) is 0 Å². The van der Waals surface area contributed by atoms with Gasteiger partial charge in [0.15, 0.2) is 0 Å². The molecule has 4 fully saturated rings. The standard InChI is InChI=1S/C16H27F3N2O2S/c17-16(18,19)15-12-4-2-11(3-5-12)14(15)8-21-24(22,23)9-10-1-6-13(20)7-10/h10-15,21H,1-9,20H2/t10-,11?,12?,13+,14-,15-/m0/s1. The van der Waals surface area contributed by atoms with Crippen LogP contribution < -0.4 is 10.5 Å². The molecule has 4 aliphatic rings. The Bertz CT molecular complexity index is 544. The molecule has 0 aliphatic heterocycles. The van der Waals surface area contributed by atoms with E-state index in [1.165, 1.54) is 0 Å². The summed E-state index contributed by atoms with van der Waals surface area (Å²) in [6.45, 7) is -0.0769. The highest BCUT2D eigenvalue weighted by Crippen LogP contribution is 2.54. The minimum absolute atomic E-state index is 0.00997. The Morgan fingerprint density at radius 2 is 1.62 bits per heavy atom. The van der Waals surface area contributed by atoms with Crippen molar-refractivity contribution >= 4 is 10.0 Å². The first-order valence-corrected chi connectivity index (χ1v) is 10.6. The molecule has 140 valence electrons. The van der Waals surface area contributed by atoms with Crippen LogP contribution in [0.5, 0.6) is 0 Å². The number of halogens is 3. The Morgan fingerprint density at radius 1 is 1.00 bits per heavy atom. The lowest BCUT2D eigenvalue weighted by molar-refractivity contribution is -0.228. The monoisotopic (exact) mass is 368 g/mol. The molecule has 0 saturated heterocycles. The Labute approximate surface area is 141 Å². The fourth-order valence-electron chi connectivity index (χ4n) is 5.24. The van der Waals surface area contributed by atoms with Crippen molar-refractivity contribution in [2.45, 2.75) is 57.2 Å². The van der Waals surface area contributed by atoms with Crippen molar-refractivity contribution in [3.8, 4) is 0 Å². The number of nitrogens with one attached hydrogen (secondary N) is 1. The van der Waals surface area contributed by atoms with Gasteiger partial charge in [0.2, 0.25) is 10.0 Å². The summed E-state index contributed by atoms with van der Waals surface area (Å²) in [4.78, 5) is 0. The lowest BCUT2D eigenvalue weighted by atomic mass is 9.58. The minimum Gasteiger partial charge on any atom is -0.328 e. The predicted octanol–water partition coefficient (Wildman–Crippen LogP) is 2.65. The van der Waals surface area contributed by atoms with Gasteiger partial charge in [-0.05, 0) is 68.6 Å². The fourth-order valence-corrected chi connectivity index (χ4v) is 6.72. The van der Waals surface area contributed by atoms with Crippen molar-refractivity contribution in [2.75, 3.05) is 12.3 Å². The van der Waals surface area contributed by atoms with Gasteiger partial charge in [-0.25, -0.2) is 13.1 Å². The van der Waals surface area contributed by atoms with E-state index in [9.17, 15) is 21.6 Å². The van der Waals surface area contributed by atoms with Gasteiger partial charge in [-0.3, -0.25) is 0 Å². The average molecular weight is 368 g/mol. The third-order valence-electron chi connectivity index (χ3n) is 6.34. The molecule has 4 rings (SSSR count). The molecule has 0 aromatic carbocycles. The molecule has 24 heavy (non-hydrogen) atoms. The molecule has 0 heterocycles. The first-order chi connectivity index (χ1) is 11.2. The Morgan fingerprint density at radius 3 is 2.17 bits per heavy atom. The van der Waals surface area contributed by atoms with Crippen LogP contribution >= 0.6 is 0 Å². The number of sulfonamides is 1. The van der Waals surface area contributed by atoms with E-state index < -0.39 is 28.0 Å². The quantitative estimate of drug-likeness (QED) is 0.784. The van der Waals surface area contributed by atoms with Crippen molar-refractivity contribution in [2.24, 2.45) is 35.3 Å². The van der Waals surface area contributed by atoms with Gasteiger partial charge in [-0.1, -0.05) is 0 Å². The van der Waals surface area contributed by atoms with E-state index in [1.54, 1.807) is 0 Å². The molecule has 0 aromatic heterocycles. The molecule has 4 nitrogen and oxygen atoms in total. The zero-order chi connectivity index (χ0) is 17.5. The van der Waals surface area contributed by atoms with Crippen LogP contribution in [0.1, 0.15) is 44.9 Å². The Balaban J connectivity index is 1.61. The first-order valence-electron chi connectivity index (χ1n) is 8.95. The molecule has 3 N–H and O–H groups in total. The molecule has 0 aromatic rings. The molecule has 0 unspecified atom stereocenters. The summed E-state index contributed by atoms with van der Waals surface area (Å²) in [7, 11) is -3.55. The number of hydrogen-bond acceptors (Lipinski definition) is 3. The highest BCUT2D eigenvalue weighted by atomic mass is 32.2. The van der Waals surface area contributed by atoms with Crippen molar-refractivity contribution in [3.05, 3.63) is 0 Å². The Hall–Kier alpha value is -0.340. The van der Waals surface area contributed by atoms with Crippen LogP contribution in [-0.2, 0) is 10.0 Å². The molecule has 4 saturated carbocycles. The molecular formula is C16H27F3N2O2S. The molecule has 0 amide bonds. The summed E-state index contributed by atoms with van der Waals surface area (Å²) >= 11 is 0. The third kappa shape index (κ3) is 4.07.